The Kier molecular flexibility index (Phi) is 3.55. The summed E-state index contributed by atoms with van der Waals surface area (Å²) in [5.74, 6) is -0.643. The number of carbonyl (C=O) groups is 1. The Bertz CT molecular complexity index is 487. The zero-order valence-corrected chi connectivity index (χ0v) is 12.1. The van der Waals surface area contributed by atoms with E-state index in [1.54, 1.807) is 0 Å². The molecule has 3 rings (SSSR count). The van der Waals surface area contributed by atoms with Crippen LogP contribution in [0.1, 0.15) is 44.6 Å². The van der Waals surface area contributed by atoms with Gasteiger partial charge in [-0.15, -0.1) is 0 Å². The van der Waals surface area contributed by atoms with Crippen molar-refractivity contribution in [2.75, 3.05) is 6.54 Å². The number of carboxylic acid groups (broad SMARTS) is 1. The van der Waals surface area contributed by atoms with Gasteiger partial charge in [-0.05, 0) is 49.6 Å². The Balaban J connectivity index is 1.75. The highest BCUT2D eigenvalue weighted by atomic mass is 16.4. The van der Waals surface area contributed by atoms with E-state index in [1.807, 2.05) is 0 Å². The zero-order chi connectivity index (χ0) is 14.2. The molecule has 3 heteroatoms. The predicted molar refractivity (Wildman–Crippen MR) is 78.8 cm³/mol. The minimum atomic E-state index is -0.643. The second-order valence-electron chi connectivity index (χ2n) is 6.56. The van der Waals surface area contributed by atoms with Crippen LogP contribution in [-0.4, -0.2) is 34.6 Å². The standard InChI is InChI=1S/C17H23NO2/c1-17(13-6-3-2-4-7-13)10-9-14(12-17)18-11-5-8-15(18)16(19)20/h2-4,6-7,14-15H,5,8-12H2,1H3,(H,19,20). The summed E-state index contributed by atoms with van der Waals surface area (Å²) < 4.78 is 0. The Morgan fingerprint density at radius 2 is 2.05 bits per heavy atom. The summed E-state index contributed by atoms with van der Waals surface area (Å²) >= 11 is 0. The number of hydrogen-bond donors (Lipinski definition) is 1. The number of benzene rings is 1. The van der Waals surface area contributed by atoms with E-state index in [4.69, 9.17) is 0 Å². The fourth-order valence-electron chi connectivity index (χ4n) is 4.09. The average Bonchev–Trinajstić information content (AvgIpc) is 3.07. The van der Waals surface area contributed by atoms with Gasteiger partial charge in [-0.2, -0.15) is 0 Å². The van der Waals surface area contributed by atoms with E-state index in [0.717, 1.165) is 38.6 Å². The lowest BCUT2D eigenvalue weighted by Gasteiger charge is -2.30. The average molecular weight is 273 g/mol. The van der Waals surface area contributed by atoms with Crippen molar-refractivity contribution in [3.8, 4) is 0 Å². The van der Waals surface area contributed by atoms with Gasteiger partial charge in [0.2, 0.25) is 0 Å². The molecular weight excluding hydrogens is 250 g/mol. The molecule has 20 heavy (non-hydrogen) atoms. The lowest BCUT2D eigenvalue weighted by molar-refractivity contribution is -0.142. The first-order valence-corrected chi connectivity index (χ1v) is 7.64. The quantitative estimate of drug-likeness (QED) is 0.920. The summed E-state index contributed by atoms with van der Waals surface area (Å²) in [5.41, 5.74) is 1.60. The van der Waals surface area contributed by atoms with Crippen LogP contribution in [0.4, 0.5) is 0 Å². The van der Waals surface area contributed by atoms with Crippen molar-refractivity contribution < 1.29 is 9.90 Å². The van der Waals surface area contributed by atoms with Gasteiger partial charge in [0.25, 0.3) is 0 Å². The molecule has 1 saturated heterocycles. The molecule has 1 aromatic rings. The highest BCUT2D eigenvalue weighted by Gasteiger charge is 2.43. The van der Waals surface area contributed by atoms with Crippen molar-refractivity contribution in [1.82, 2.24) is 4.90 Å². The highest BCUT2D eigenvalue weighted by molar-refractivity contribution is 5.73. The van der Waals surface area contributed by atoms with Crippen LogP contribution in [0.15, 0.2) is 30.3 Å². The molecule has 3 nitrogen and oxygen atoms in total. The molecule has 2 aliphatic rings. The number of aliphatic carboxylic acids is 1. The number of rotatable bonds is 3. The van der Waals surface area contributed by atoms with E-state index >= 15 is 0 Å². The van der Waals surface area contributed by atoms with Crippen molar-refractivity contribution >= 4 is 5.97 Å². The molecular formula is C17H23NO2. The zero-order valence-electron chi connectivity index (χ0n) is 12.1. The summed E-state index contributed by atoms with van der Waals surface area (Å²) in [6, 6.07) is 10.9. The molecule has 0 radical (unpaired) electrons. The lowest BCUT2D eigenvalue weighted by Crippen LogP contribution is -2.42. The smallest absolute Gasteiger partial charge is 0.320 e. The van der Waals surface area contributed by atoms with Crippen molar-refractivity contribution in [3.05, 3.63) is 35.9 Å². The molecule has 1 aromatic carbocycles. The summed E-state index contributed by atoms with van der Waals surface area (Å²) in [6.45, 7) is 3.28. The molecule has 1 saturated carbocycles. The molecule has 1 N–H and O–H groups in total. The normalized spacial score (nSPS) is 34.5. The fourth-order valence-corrected chi connectivity index (χ4v) is 4.09. The van der Waals surface area contributed by atoms with Gasteiger partial charge in [0.1, 0.15) is 6.04 Å². The van der Waals surface area contributed by atoms with Crippen LogP contribution in [0, 0.1) is 0 Å². The SMILES string of the molecule is CC1(c2ccccc2)CCC(N2CCCC2C(=O)O)C1. The molecule has 0 amide bonds. The lowest BCUT2D eigenvalue weighted by atomic mass is 9.81. The summed E-state index contributed by atoms with van der Waals surface area (Å²) in [7, 11) is 0. The Labute approximate surface area is 120 Å². The van der Waals surface area contributed by atoms with Gasteiger partial charge < -0.3 is 5.11 Å². The van der Waals surface area contributed by atoms with E-state index in [0.29, 0.717) is 6.04 Å². The van der Waals surface area contributed by atoms with E-state index < -0.39 is 5.97 Å². The van der Waals surface area contributed by atoms with Crippen LogP contribution >= 0.6 is 0 Å². The summed E-state index contributed by atoms with van der Waals surface area (Å²) in [4.78, 5) is 13.6. The predicted octanol–water partition coefficient (Wildman–Crippen LogP) is 3.05. The molecule has 0 aromatic heterocycles. The van der Waals surface area contributed by atoms with Crippen LogP contribution in [0.3, 0.4) is 0 Å². The number of carboxylic acids is 1. The maximum Gasteiger partial charge on any atom is 0.320 e. The molecule has 1 heterocycles. The number of nitrogens with zero attached hydrogens (tertiary/aromatic N) is 1. The molecule has 3 atom stereocenters. The first kappa shape index (κ1) is 13.6. The van der Waals surface area contributed by atoms with E-state index in [9.17, 15) is 9.90 Å². The van der Waals surface area contributed by atoms with Crippen molar-refractivity contribution in [1.29, 1.82) is 0 Å². The van der Waals surface area contributed by atoms with Crippen LogP contribution in [0.2, 0.25) is 0 Å². The van der Waals surface area contributed by atoms with Crippen LogP contribution in [0.25, 0.3) is 0 Å². The molecule has 1 aliphatic carbocycles. The minimum absolute atomic E-state index is 0.206. The Morgan fingerprint density at radius 3 is 2.75 bits per heavy atom. The maximum atomic E-state index is 11.4. The van der Waals surface area contributed by atoms with Crippen LogP contribution in [0.5, 0.6) is 0 Å². The topological polar surface area (TPSA) is 40.5 Å². The number of likely N-dealkylation sites (tertiary alicyclic amines) is 1. The van der Waals surface area contributed by atoms with Crippen LogP contribution < -0.4 is 0 Å². The second kappa shape index (κ2) is 5.21. The first-order chi connectivity index (χ1) is 9.60. The Hall–Kier alpha value is -1.35. The largest absolute Gasteiger partial charge is 0.480 e. The number of hydrogen-bond acceptors (Lipinski definition) is 2. The van der Waals surface area contributed by atoms with Gasteiger partial charge in [-0.3, -0.25) is 9.69 Å². The van der Waals surface area contributed by atoms with Gasteiger partial charge in [-0.1, -0.05) is 37.3 Å². The highest BCUT2D eigenvalue weighted by Crippen LogP contribution is 2.44. The first-order valence-electron chi connectivity index (χ1n) is 7.64. The molecule has 1 aliphatic heterocycles. The third kappa shape index (κ3) is 2.35. The van der Waals surface area contributed by atoms with E-state index in [-0.39, 0.29) is 11.5 Å². The maximum absolute atomic E-state index is 11.4. The van der Waals surface area contributed by atoms with Crippen molar-refractivity contribution in [3.63, 3.8) is 0 Å². The third-order valence-corrected chi connectivity index (χ3v) is 5.23. The van der Waals surface area contributed by atoms with Gasteiger partial charge in [0.15, 0.2) is 0 Å². The second-order valence-corrected chi connectivity index (χ2v) is 6.56. The molecule has 108 valence electrons. The monoisotopic (exact) mass is 273 g/mol. The van der Waals surface area contributed by atoms with Crippen LogP contribution in [-0.2, 0) is 10.2 Å². The van der Waals surface area contributed by atoms with Gasteiger partial charge in [0.05, 0.1) is 0 Å². The van der Waals surface area contributed by atoms with Crippen molar-refractivity contribution in [2.45, 2.75) is 56.5 Å². The van der Waals surface area contributed by atoms with Gasteiger partial charge in [-0.25, -0.2) is 0 Å². The fraction of sp³-hybridized carbons (Fsp3) is 0.588. The van der Waals surface area contributed by atoms with Crippen molar-refractivity contribution in [2.24, 2.45) is 0 Å². The van der Waals surface area contributed by atoms with Gasteiger partial charge in [0, 0.05) is 6.04 Å². The van der Waals surface area contributed by atoms with Gasteiger partial charge >= 0.3 is 5.97 Å². The minimum Gasteiger partial charge on any atom is -0.480 e. The van der Waals surface area contributed by atoms with E-state index in [1.165, 1.54) is 5.56 Å². The molecule has 2 fully saturated rings. The molecule has 3 unspecified atom stereocenters. The van der Waals surface area contributed by atoms with E-state index in [2.05, 4.69) is 42.2 Å². The Morgan fingerprint density at radius 1 is 1.30 bits per heavy atom. The third-order valence-electron chi connectivity index (χ3n) is 5.23. The molecule has 0 bridgehead atoms. The molecule has 0 spiro atoms. The summed E-state index contributed by atoms with van der Waals surface area (Å²) in [5, 5.41) is 9.35. The summed E-state index contributed by atoms with van der Waals surface area (Å²) in [6.07, 6.45) is 5.20.